The minimum atomic E-state index is -4.65. The molecule has 0 saturated heterocycles. The van der Waals surface area contributed by atoms with E-state index in [-0.39, 0.29) is 10.8 Å². The SMILES string of the molecule is FC(F)(F)SN=C(Cl)SSC(F)(F)F. The van der Waals surface area contributed by atoms with Crippen LogP contribution in [0.4, 0.5) is 26.3 Å². The van der Waals surface area contributed by atoms with Gasteiger partial charge in [-0.05, 0) is 10.8 Å². The molecule has 0 fully saturated rings. The van der Waals surface area contributed by atoms with E-state index in [0.29, 0.717) is 0 Å². The molecule has 0 amide bonds. The summed E-state index contributed by atoms with van der Waals surface area (Å²) in [5.74, 6) is 0. The zero-order valence-electron chi connectivity index (χ0n) is 5.82. The van der Waals surface area contributed by atoms with Gasteiger partial charge >= 0.3 is 11.0 Å². The minimum absolute atomic E-state index is 0.0897. The highest BCUT2D eigenvalue weighted by Gasteiger charge is 2.31. The van der Waals surface area contributed by atoms with Gasteiger partial charge < -0.3 is 0 Å². The first-order chi connectivity index (χ1) is 6.10. The van der Waals surface area contributed by atoms with Crippen LogP contribution in [0.15, 0.2) is 4.40 Å². The summed E-state index contributed by atoms with van der Waals surface area (Å²) in [7, 11) is -0.724. The molecule has 1 nitrogen and oxygen atoms in total. The van der Waals surface area contributed by atoms with Crippen LogP contribution in [0.3, 0.4) is 0 Å². The number of hydrogen-bond donors (Lipinski definition) is 0. The van der Waals surface area contributed by atoms with Crippen molar-refractivity contribution in [1.29, 1.82) is 0 Å². The van der Waals surface area contributed by atoms with Gasteiger partial charge in [-0.25, -0.2) is 0 Å². The highest BCUT2D eigenvalue weighted by atomic mass is 35.5. The van der Waals surface area contributed by atoms with Crippen molar-refractivity contribution >= 4 is 49.6 Å². The fraction of sp³-hybridized carbons (Fsp3) is 0.667. The number of alkyl halides is 6. The van der Waals surface area contributed by atoms with Crippen LogP contribution >= 0.6 is 45.1 Å². The zero-order valence-corrected chi connectivity index (χ0v) is 9.02. The van der Waals surface area contributed by atoms with E-state index in [1.807, 2.05) is 0 Å². The van der Waals surface area contributed by atoms with E-state index in [1.165, 1.54) is 0 Å². The van der Waals surface area contributed by atoms with Gasteiger partial charge in [-0.3, -0.25) is 0 Å². The van der Waals surface area contributed by atoms with Crippen LogP contribution in [0.25, 0.3) is 0 Å². The number of halogens is 7. The third kappa shape index (κ3) is 10.7. The molecule has 0 bridgehead atoms. The van der Waals surface area contributed by atoms with E-state index < -0.39 is 38.3 Å². The van der Waals surface area contributed by atoms with Crippen molar-refractivity contribution in [3.05, 3.63) is 0 Å². The van der Waals surface area contributed by atoms with Gasteiger partial charge in [0.25, 0.3) is 0 Å². The van der Waals surface area contributed by atoms with Gasteiger partial charge in [0.2, 0.25) is 0 Å². The van der Waals surface area contributed by atoms with Crippen LogP contribution in [0.1, 0.15) is 0 Å². The van der Waals surface area contributed by atoms with Crippen LogP contribution < -0.4 is 0 Å². The third-order valence-electron chi connectivity index (χ3n) is 0.426. The molecule has 0 heterocycles. The normalized spacial score (nSPS) is 14.6. The van der Waals surface area contributed by atoms with Gasteiger partial charge in [-0.15, -0.1) is 0 Å². The molecular formula is C3ClF6NS3. The van der Waals surface area contributed by atoms with Gasteiger partial charge in [0.15, 0.2) is 4.50 Å². The first-order valence-corrected chi connectivity index (χ1v) is 5.81. The van der Waals surface area contributed by atoms with Gasteiger partial charge in [-0.2, -0.15) is 30.7 Å². The average molecular weight is 296 g/mol. The second kappa shape index (κ2) is 5.61. The lowest BCUT2D eigenvalue weighted by molar-refractivity contribution is -0.0331. The molecule has 0 spiro atoms. The molecule has 0 aromatic rings. The standard InChI is InChI=1S/C3ClF6NS3/c4-1(11-13-2(5,6)7)12-14-3(8,9)10. The molecule has 84 valence electrons. The van der Waals surface area contributed by atoms with Gasteiger partial charge in [-0.1, -0.05) is 11.6 Å². The maximum absolute atomic E-state index is 11.5. The molecule has 0 unspecified atom stereocenters. The van der Waals surface area contributed by atoms with Crippen LogP contribution in [0.2, 0.25) is 0 Å². The summed E-state index contributed by atoms with van der Waals surface area (Å²) < 4.78 is 70.6. The lowest BCUT2D eigenvalue weighted by Crippen LogP contribution is -1.98. The van der Waals surface area contributed by atoms with E-state index in [2.05, 4.69) is 4.40 Å². The van der Waals surface area contributed by atoms with Gasteiger partial charge in [0, 0.05) is 10.8 Å². The fourth-order valence-electron chi connectivity index (χ4n) is 0.184. The predicted octanol–water partition coefficient (Wildman–Crippen LogP) is 4.65. The van der Waals surface area contributed by atoms with Gasteiger partial charge in [0.1, 0.15) is 0 Å². The number of hydrogen-bond acceptors (Lipinski definition) is 4. The Bertz CT molecular complexity index is 211. The van der Waals surface area contributed by atoms with E-state index in [0.717, 1.165) is 0 Å². The Labute approximate surface area is 91.6 Å². The van der Waals surface area contributed by atoms with E-state index >= 15 is 0 Å². The van der Waals surface area contributed by atoms with Gasteiger partial charge in [0.05, 0.1) is 11.9 Å². The summed E-state index contributed by atoms with van der Waals surface area (Å²) in [4.78, 5) is 0. The Morgan fingerprint density at radius 2 is 1.50 bits per heavy atom. The van der Waals surface area contributed by atoms with Crippen LogP contribution in [0.5, 0.6) is 0 Å². The molecule has 0 atom stereocenters. The molecule has 0 aliphatic rings. The Kier molecular flexibility index (Phi) is 5.85. The summed E-state index contributed by atoms with van der Waals surface area (Å²) in [6.07, 6.45) is 0. The predicted molar refractivity (Wildman–Crippen MR) is 48.2 cm³/mol. The van der Waals surface area contributed by atoms with Crippen molar-refractivity contribution in [1.82, 2.24) is 0 Å². The number of nitrogens with zero attached hydrogens (tertiary/aromatic N) is 1. The highest BCUT2D eigenvalue weighted by Crippen LogP contribution is 2.42. The summed E-state index contributed by atoms with van der Waals surface area (Å²) in [5, 5.41) is 0. The van der Waals surface area contributed by atoms with Crippen molar-refractivity contribution in [2.75, 3.05) is 0 Å². The minimum Gasteiger partial charge on any atom is -0.187 e. The number of rotatable bonds is 2. The lowest BCUT2D eigenvalue weighted by Gasteiger charge is -2.03. The molecule has 14 heavy (non-hydrogen) atoms. The fourth-order valence-corrected chi connectivity index (χ4v) is 1.91. The molecule has 0 aliphatic heterocycles. The van der Waals surface area contributed by atoms with Crippen molar-refractivity contribution in [2.24, 2.45) is 4.40 Å². The smallest absolute Gasteiger partial charge is 0.187 e. The van der Waals surface area contributed by atoms with Crippen LogP contribution in [-0.4, -0.2) is 15.5 Å². The maximum Gasteiger partial charge on any atom is 0.463 e. The Morgan fingerprint density at radius 1 is 1.00 bits per heavy atom. The topological polar surface area (TPSA) is 12.4 Å². The highest BCUT2D eigenvalue weighted by molar-refractivity contribution is 8.83. The molecular weight excluding hydrogens is 296 g/mol. The first-order valence-electron chi connectivity index (χ1n) is 2.51. The monoisotopic (exact) mass is 295 g/mol. The molecule has 0 saturated carbocycles. The van der Waals surface area contributed by atoms with E-state index in [9.17, 15) is 26.3 Å². The van der Waals surface area contributed by atoms with Crippen molar-refractivity contribution in [2.45, 2.75) is 11.0 Å². The average Bonchev–Trinajstić information content (AvgIpc) is 1.94. The molecule has 0 aromatic heterocycles. The second-order valence-electron chi connectivity index (χ2n) is 1.49. The second-order valence-corrected chi connectivity index (χ2v) is 5.09. The zero-order chi connectivity index (χ0) is 11.4. The molecule has 0 rings (SSSR count). The maximum atomic E-state index is 11.5. The molecule has 0 aliphatic carbocycles. The Hall–Kier alpha value is 0.590. The molecule has 0 N–H and O–H groups in total. The third-order valence-corrected chi connectivity index (χ3v) is 3.50. The van der Waals surface area contributed by atoms with Crippen molar-refractivity contribution in [3.8, 4) is 0 Å². The quantitative estimate of drug-likeness (QED) is 0.242. The summed E-state index contributed by atoms with van der Waals surface area (Å²) in [5.41, 5.74) is -9.22. The van der Waals surface area contributed by atoms with E-state index in [1.54, 1.807) is 0 Å². The summed E-state index contributed by atoms with van der Waals surface area (Å²) >= 11 is 4.11. The largest absolute Gasteiger partial charge is 0.463 e. The Morgan fingerprint density at radius 3 is 1.86 bits per heavy atom. The summed E-state index contributed by atoms with van der Waals surface area (Å²) in [6.45, 7) is 0. The Balaban J connectivity index is 3.91. The van der Waals surface area contributed by atoms with Crippen LogP contribution in [-0.2, 0) is 0 Å². The molecule has 0 radical (unpaired) electrons. The van der Waals surface area contributed by atoms with Crippen molar-refractivity contribution in [3.63, 3.8) is 0 Å². The molecule has 0 aromatic carbocycles. The van der Waals surface area contributed by atoms with Crippen LogP contribution in [0, 0.1) is 0 Å². The molecule has 11 heteroatoms. The van der Waals surface area contributed by atoms with Crippen molar-refractivity contribution < 1.29 is 26.3 Å². The summed E-state index contributed by atoms with van der Waals surface area (Å²) in [6, 6.07) is 0. The van der Waals surface area contributed by atoms with E-state index in [4.69, 9.17) is 11.6 Å². The lowest BCUT2D eigenvalue weighted by atomic mass is 11.6. The first kappa shape index (κ1) is 14.6.